The van der Waals surface area contributed by atoms with Crippen molar-refractivity contribution < 1.29 is 9.53 Å². The van der Waals surface area contributed by atoms with Crippen LogP contribution in [0.4, 0.5) is 5.69 Å². The summed E-state index contributed by atoms with van der Waals surface area (Å²) in [5.74, 6) is 0.492. The van der Waals surface area contributed by atoms with Gasteiger partial charge in [-0.1, -0.05) is 18.2 Å². The van der Waals surface area contributed by atoms with Gasteiger partial charge in [-0.25, -0.2) is 4.98 Å². The molecule has 0 saturated carbocycles. The Morgan fingerprint density at radius 1 is 1.23 bits per heavy atom. The highest BCUT2D eigenvalue weighted by atomic mass is 32.2. The van der Waals surface area contributed by atoms with Crippen molar-refractivity contribution >= 4 is 44.9 Å². The number of carbonyl (C=O) groups excluding carboxylic acids is 1. The van der Waals surface area contributed by atoms with Crippen molar-refractivity contribution in [3.8, 4) is 16.9 Å². The molecule has 0 spiro atoms. The van der Waals surface area contributed by atoms with Crippen LogP contribution in [0.5, 0.6) is 5.75 Å². The zero-order chi connectivity index (χ0) is 21.1. The Morgan fingerprint density at radius 3 is 2.77 bits per heavy atom. The third-order valence-corrected chi connectivity index (χ3v) is 6.30. The van der Waals surface area contributed by atoms with Gasteiger partial charge in [0, 0.05) is 21.5 Å². The van der Waals surface area contributed by atoms with Crippen molar-refractivity contribution in [2.75, 3.05) is 18.7 Å². The maximum absolute atomic E-state index is 12.9. The van der Waals surface area contributed by atoms with Gasteiger partial charge in [0.15, 0.2) is 0 Å². The van der Waals surface area contributed by atoms with Gasteiger partial charge in [0.05, 0.1) is 19.0 Å². The number of ether oxygens (including phenoxy) is 1. The average molecular weight is 438 g/mol. The van der Waals surface area contributed by atoms with Crippen LogP contribution in [0.3, 0.4) is 0 Å². The monoisotopic (exact) mass is 437 g/mol. The van der Waals surface area contributed by atoms with Crippen LogP contribution >= 0.6 is 23.1 Å². The number of thioether (sulfide) groups is 1. The molecule has 4 rings (SSSR count). The lowest BCUT2D eigenvalue weighted by atomic mass is 10.1. The van der Waals surface area contributed by atoms with Crippen LogP contribution in [-0.2, 0) is 11.3 Å². The van der Waals surface area contributed by atoms with Gasteiger partial charge in [-0.05, 0) is 42.2 Å². The number of anilines is 1. The molecule has 1 N–H and O–H groups in total. The molecular weight excluding hydrogens is 418 g/mol. The van der Waals surface area contributed by atoms with Crippen molar-refractivity contribution in [3.63, 3.8) is 0 Å². The number of nitrogens with one attached hydrogen (secondary N) is 1. The van der Waals surface area contributed by atoms with E-state index in [1.54, 1.807) is 18.9 Å². The molecule has 0 aliphatic heterocycles. The van der Waals surface area contributed by atoms with E-state index in [1.165, 1.54) is 22.2 Å². The lowest BCUT2D eigenvalue weighted by molar-refractivity contribution is -0.116. The van der Waals surface area contributed by atoms with Crippen molar-refractivity contribution in [2.45, 2.75) is 11.4 Å². The van der Waals surface area contributed by atoms with E-state index >= 15 is 0 Å². The molecule has 0 atom stereocenters. The number of nitrogens with zero attached hydrogens (tertiary/aromatic N) is 2. The molecule has 1 amide bonds. The molecule has 6 nitrogen and oxygen atoms in total. The smallest absolute Gasteiger partial charge is 0.271 e. The summed E-state index contributed by atoms with van der Waals surface area (Å²) in [7, 11) is 1.62. The number of amides is 1. The normalized spacial score (nSPS) is 10.9. The Kier molecular flexibility index (Phi) is 5.87. The first kappa shape index (κ1) is 20.2. The van der Waals surface area contributed by atoms with Crippen molar-refractivity contribution in [1.82, 2.24) is 9.55 Å². The minimum Gasteiger partial charge on any atom is -0.497 e. The molecule has 4 aromatic rings. The number of hydrogen-bond donors (Lipinski definition) is 1. The third kappa shape index (κ3) is 4.10. The van der Waals surface area contributed by atoms with Crippen LogP contribution < -0.4 is 15.6 Å². The van der Waals surface area contributed by atoms with Crippen LogP contribution in [-0.4, -0.2) is 28.8 Å². The number of carbonyl (C=O) groups is 1. The Hall–Kier alpha value is -3.10. The fraction of sp³-hybridized carbons (Fsp3) is 0.136. The largest absolute Gasteiger partial charge is 0.497 e. The number of benzene rings is 2. The highest BCUT2D eigenvalue weighted by Crippen LogP contribution is 2.31. The van der Waals surface area contributed by atoms with E-state index in [9.17, 15) is 9.59 Å². The minimum absolute atomic E-state index is 0.0962. The SMILES string of the molecule is COc1ccc(-c2csc3c(=O)n(CC(=O)Nc4cccc(SC)c4)cnc23)cc1. The van der Waals surface area contributed by atoms with Crippen LogP contribution in [0.25, 0.3) is 21.3 Å². The first-order valence-electron chi connectivity index (χ1n) is 9.14. The molecule has 0 aliphatic rings. The molecule has 30 heavy (non-hydrogen) atoms. The van der Waals surface area contributed by atoms with Gasteiger partial charge < -0.3 is 10.1 Å². The number of aromatic nitrogens is 2. The zero-order valence-corrected chi connectivity index (χ0v) is 18.0. The first-order valence-corrected chi connectivity index (χ1v) is 11.2. The molecule has 0 radical (unpaired) electrons. The Morgan fingerprint density at radius 2 is 2.03 bits per heavy atom. The van der Waals surface area contributed by atoms with Crippen molar-refractivity contribution in [1.29, 1.82) is 0 Å². The summed E-state index contributed by atoms with van der Waals surface area (Å²) < 4.78 is 7.06. The third-order valence-electron chi connectivity index (χ3n) is 4.61. The van der Waals surface area contributed by atoms with Crippen LogP contribution in [0.2, 0.25) is 0 Å². The standard InChI is InChI=1S/C22H19N3O3S2/c1-28-16-8-6-14(7-9-16)18-12-30-21-20(18)23-13-25(22(21)27)11-19(26)24-15-4-3-5-17(10-15)29-2/h3-10,12-13H,11H2,1-2H3,(H,24,26). The summed E-state index contributed by atoms with van der Waals surface area (Å²) in [5, 5.41) is 4.75. The van der Waals surface area contributed by atoms with E-state index in [0.29, 0.717) is 15.9 Å². The van der Waals surface area contributed by atoms with Gasteiger partial charge in [-0.2, -0.15) is 0 Å². The number of hydrogen-bond acceptors (Lipinski definition) is 6. The molecule has 0 bridgehead atoms. The van der Waals surface area contributed by atoms with E-state index in [2.05, 4.69) is 10.3 Å². The lowest BCUT2D eigenvalue weighted by Crippen LogP contribution is -2.27. The van der Waals surface area contributed by atoms with E-state index in [4.69, 9.17) is 4.74 Å². The minimum atomic E-state index is -0.275. The second kappa shape index (κ2) is 8.73. The number of rotatable bonds is 6. The molecule has 0 saturated heterocycles. The maximum Gasteiger partial charge on any atom is 0.271 e. The second-order valence-corrected chi connectivity index (χ2v) is 8.27. The summed E-state index contributed by atoms with van der Waals surface area (Å²) in [6, 6.07) is 15.2. The highest BCUT2D eigenvalue weighted by molar-refractivity contribution is 7.98. The molecule has 2 heterocycles. The predicted molar refractivity (Wildman–Crippen MR) is 123 cm³/mol. The molecule has 0 fully saturated rings. The summed E-state index contributed by atoms with van der Waals surface area (Å²) in [4.78, 5) is 30.9. The molecule has 8 heteroatoms. The fourth-order valence-corrected chi connectivity index (χ4v) is 4.52. The molecule has 0 unspecified atom stereocenters. The Labute approximate surface area is 181 Å². The van der Waals surface area contributed by atoms with Crippen LogP contribution in [0, 0.1) is 0 Å². The van der Waals surface area contributed by atoms with Gasteiger partial charge in [-0.3, -0.25) is 14.2 Å². The Balaban J connectivity index is 1.57. The molecule has 2 aromatic heterocycles. The number of thiophene rings is 1. The topological polar surface area (TPSA) is 73.2 Å². The Bertz CT molecular complexity index is 1260. The zero-order valence-electron chi connectivity index (χ0n) is 16.4. The van der Waals surface area contributed by atoms with Gasteiger partial charge in [0.1, 0.15) is 17.0 Å². The van der Waals surface area contributed by atoms with Gasteiger partial charge in [0.25, 0.3) is 5.56 Å². The van der Waals surface area contributed by atoms with E-state index in [1.807, 2.05) is 60.2 Å². The molecule has 152 valence electrons. The summed E-state index contributed by atoms with van der Waals surface area (Å²) >= 11 is 2.93. The quantitative estimate of drug-likeness (QED) is 0.450. The number of methoxy groups -OCH3 is 1. The first-order chi connectivity index (χ1) is 14.6. The van der Waals surface area contributed by atoms with Gasteiger partial charge in [-0.15, -0.1) is 23.1 Å². The summed E-state index contributed by atoms with van der Waals surface area (Å²) in [6.07, 6.45) is 3.41. The number of fused-ring (bicyclic) bond motifs is 1. The predicted octanol–water partition coefficient (Wildman–Crippen LogP) is 4.49. The van der Waals surface area contributed by atoms with E-state index in [-0.39, 0.29) is 18.0 Å². The van der Waals surface area contributed by atoms with Crippen LogP contribution in [0.15, 0.2) is 69.9 Å². The highest BCUT2D eigenvalue weighted by Gasteiger charge is 2.14. The summed E-state index contributed by atoms with van der Waals surface area (Å²) in [6.45, 7) is -0.0962. The van der Waals surface area contributed by atoms with E-state index < -0.39 is 0 Å². The van der Waals surface area contributed by atoms with Crippen molar-refractivity contribution in [3.05, 3.63) is 70.6 Å². The second-order valence-electron chi connectivity index (χ2n) is 6.51. The van der Waals surface area contributed by atoms with Crippen molar-refractivity contribution in [2.24, 2.45) is 0 Å². The fourth-order valence-electron chi connectivity index (χ4n) is 3.09. The van der Waals surface area contributed by atoms with Gasteiger partial charge >= 0.3 is 0 Å². The molecule has 2 aromatic carbocycles. The summed E-state index contributed by atoms with van der Waals surface area (Å²) in [5.41, 5.74) is 2.96. The van der Waals surface area contributed by atoms with Crippen LogP contribution in [0.1, 0.15) is 0 Å². The lowest BCUT2D eigenvalue weighted by Gasteiger charge is -2.08. The average Bonchev–Trinajstić information content (AvgIpc) is 3.21. The van der Waals surface area contributed by atoms with E-state index in [0.717, 1.165) is 21.8 Å². The molecular formula is C22H19N3O3S2. The van der Waals surface area contributed by atoms with Gasteiger partial charge in [0.2, 0.25) is 5.91 Å². The maximum atomic E-state index is 12.9. The molecule has 0 aliphatic carbocycles.